The molecule has 4 rings (SSSR count). The summed E-state index contributed by atoms with van der Waals surface area (Å²) >= 11 is 0. The van der Waals surface area contributed by atoms with Crippen LogP contribution in [0.15, 0.2) is 65.7 Å². The van der Waals surface area contributed by atoms with Gasteiger partial charge in [-0.2, -0.15) is 4.31 Å². The van der Waals surface area contributed by atoms with E-state index in [9.17, 15) is 13.2 Å². The minimum atomic E-state index is -3.43. The molecule has 1 fully saturated rings. The summed E-state index contributed by atoms with van der Waals surface area (Å²) in [4.78, 5) is 12.7. The summed E-state index contributed by atoms with van der Waals surface area (Å²) < 4.78 is 29.2. The number of nitrogens with zero attached hydrogens (tertiary/aromatic N) is 2. The summed E-state index contributed by atoms with van der Waals surface area (Å²) in [5.41, 5.74) is 2.14. The number of hydrogen-bond acceptors (Lipinski definition) is 3. The van der Waals surface area contributed by atoms with Gasteiger partial charge in [0.2, 0.25) is 15.9 Å². The van der Waals surface area contributed by atoms with Gasteiger partial charge in [0.25, 0.3) is 0 Å². The van der Waals surface area contributed by atoms with Crippen molar-refractivity contribution in [1.82, 2.24) is 14.2 Å². The topological polar surface area (TPSA) is 71.4 Å². The molecule has 31 heavy (non-hydrogen) atoms. The molecule has 6 nitrogen and oxygen atoms in total. The maximum absolute atomic E-state index is 12.8. The third kappa shape index (κ3) is 4.83. The standard InChI is InChI=1S/C24H29N3O3S/c1-19(20-7-3-2-4-8-20)18-25-24(28)12-16-26-15-11-21-17-22(9-10-23(21)26)31(29,30)27-13-5-6-14-27/h2-4,7-11,15,17,19H,5-6,12-14,16,18H2,1H3,(H,25,28)/t19-/m0/s1. The summed E-state index contributed by atoms with van der Waals surface area (Å²) in [5, 5.41) is 3.89. The number of amides is 1. The lowest BCUT2D eigenvalue weighted by Gasteiger charge is -2.15. The monoisotopic (exact) mass is 439 g/mol. The van der Waals surface area contributed by atoms with Crippen LogP contribution in [0.2, 0.25) is 0 Å². The van der Waals surface area contributed by atoms with Crippen molar-refractivity contribution >= 4 is 26.8 Å². The van der Waals surface area contributed by atoms with E-state index in [4.69, 9.17) is 0 Å². The number of aryl methyl sites for hydroxylation is 1. The summed E-state index contributed by atoms with van der Waals surface area (Å²) in [6.45, 7) is 4.45. The van der Waals surface area contributed by atoms with Gasteiger partial charge in [0.15, 0.2) is 0 Å². The molecule has 1 N–H and O–H groups in total. The van der Waals surface area contributed by atoms with Gasteiger partial charge in [0.1, 0.15) is 0 Å². The zero-order valence-electron chi connectivity index (χ0n) is 17.8. The highest BCUT2D eigenvalue weighted by Gasteiger charge is 2.27. The van der Waals surface area contributed by atoms with Crippen molar-refractivity contribution < 1.29 is 13.2 Å². The molecule has 0 spiro atoms. The quantitative estimate of drug-likeness (QED) is 0.581. The average molecular weight is 440 g/mol. The second kappa shape index (κ2) is 9.24. The fourth-order valence-electron chi connectivity index (χ4n) is 4.09. The van der Waals surface area contributed by atoms with Gasteiger partial charge in [-0.15, -0.1) is 0 Å². The highest BCUT2D eigenvalue weighted by Crippen LogP contribution is 2.25. The normalized spacial score (nSPS) is 15.9. The average Bonchev–Trinajstić information content (AvgIpc) is 3.47. The van der Waals surface area contributed by atoms with Crippen molar-refractivity contribution in [3.63, 3.8) is 0 Å². The Morgan fingerprint density at radius 2 is 1.81 bits per heavy atom. The van der Waals surface area contributed by atoms with Crippen molar-refractivity contribution in [2.24, 2.45) is 0 Å². The van der Waals surface area contributed by atoms with Crippen LogP contribution >= 0.6 is 0 Å². The zero-order chi connectivity index (χ0) is 21.8. The first-order chi connectivity index (χ1) is 14.9. The van der Waals surface area contributed by atoms with Crippen LogP contribution in [0.3, 0.4) is 0 Å². The molecule has 3 aromatic rings. The molecule has 1 saturated heterocycles. The fourth-order valence-corrected chi connectivity index (χ4v) is 5.64. The summed E-state index contributed by atoms with van der Waals surface area (Å²) in [7, 11) is -3.43. The second-order valence-corrected chi connectivity index (χ2v) is 10.1. The highest BCUT2D eigenvalue weighted by atomic mass is 32.2. The van der Waals surface area contributed by atoms with Gasteiger partial charge in [0.05, 0.1) is 4.90 Å². The lowest BCUT2D eigenvalue weighted by Crippen LogP contribution is -2.28. The Morgan fingerprint density at radius 1 is 1.06 bits per heavy atom. The number of hydrogen-bond donors (Lipinski definition) is 1. The van der Waals surface area contributed by atoms with E-state index in [1.807, 2.05) is 41.1 Å². The molecule has 1 aliphatic heterocycles. The van der Waals surface area contributed by atoms with Crippen LogP contribution in [0.1, 0.15) is 37.7 Å². The Labute approximate surface area is 183 Å². The van der Waals surface area contributed by atoms with E-state index in [0.29, 0.717) is 37.5 Å². The van der Waals surface area contributed by atoms with Gasteiger partial charge in [-0.1, -0.05) is 37.3 Å². The minimum Gasteiger partial charge on any atom is -0.355 e. The lowest BCUT2D eigenvalue weighted by atomic mass is 10.0. The summed E-state index contributed by atoms with van der Waals surface area (Å²) in [6.07, 6.45) is 4.13. The number of benzene rings is 2. The Balaban J connectivity index is 1.36. The van der Waals surface area contributed by atoms with E-state index in [1.54, 1.807) is 16.4 Å². The zero-order valence-corrected chi connectivity index (χ0v) is 18.6. The number of aromatic nitrogens is 1. The molecule has 1 aromatic heterocycles. The Bertz CT molecular complexity index is 1150. The fraction of sp³-hybridized carbons (Fsp3) is 0.375. The third-order valence-electron chi connectivity index (χ3n) is 6.00. The molecule has 0 unspecified atom stereocenters. The van der Waals surface area contributed by atoms with Gasteiger partial charge in [-0.25, -0.2) is 8.42 Å². The molecule has 0 saturated carbocycles. The summed E-state index contributed by atoms with van der Waals surface area (Å²) in [6, 6.07) is 17.3. The van der Waals surface area contributed by atoms with Crippen molar-refractivity contribution in [1.29, 1.82) is 0 Å². The first-order valence-electron chi connectivity index (χ1n) is 10.9. The SMILES string of the molecule is C[C@@H](CNC(=O)CCn1ccc2cc(S(=O)(=O)N3CCCC3)ccc21)c1ccccc1. The molecule has 0 bridgehead atoms. The maximum Gasteiger partial charge on any atom is 0.243 e. The molecule has 0 radical (unpaired) electrons. The highest BCUT2D eigenvalue weighted by molar-refractivity contribution is 7.89. The van der Waals surface area contributed by atoms with Gasteiger partial charge in [-0.3, -0.25) is 4.79 Å². The summed E-state index contributed by atoms with van der Waals surface area (Å²) in [5.74, 6) is 0.270. The first-order valence-corrected chi connectivity index (χ1v) is 12.3. The predicted molar refractivity (Wildman–Crippen MR) is 122 cm³/mol. The maximum atomic E-state index is 12.8. The third-order valence-corrected chi connectivity index (χ3v) is 7.89. The van der Waals surface area contributed by atoms with Crippen molar-refractivity contribution in [3.05, 3.63) is 66.4 Å². The van der Waals surface area contributed by atoms with Gasteiger partial charge >= 0.3 is 0 Å². The first kappa shape index (κ1) is 21.6. The molecule has 0 aliphatic carbocycles. The molecule has 2 aromatic carbocycles. The van der Waals surface area contributed by atoms with Crippen LogP contribution in [-0.4, -0.2) is 42.8 Å². The van der Waals surface area contributed by atoms with E-state index in [2.05, 4.69) is 24.4 Å². The van der Waals surface area contributed by atoms with Gasteiger partial charge in [0, 0.05) is 49.7 Å². The molecule has 1 atom stereocenters. The Morgan fingerprint density at radius 3 is 2.55 bits per heavy atom. The minimum absolute atomic E-state index is 0.0119. The number of carbonyl (C=O) groups excluding carboxylic acids is 1. The number of sulfonamides is 1. The van der Waals surface area contributed by atoms with Crippen LogP contribution in [-0.2, 0) is 21.4 Å². The molecular formula is C24H29N3O3S. The molecule has 1 aliphatic rings. The number of fused-ring (bicyclic) bond motifs is 1. The van der Waals surface area contributed by atoms with E-state index in [-0.39, 0.29) is 11.8 Å². The Hall–Kier alpha value is -2.64. The van der Waals surface area contributed by atoms with Crippen LogP contribution < -0.4 is 5.32 Å². The van der Waals surface area contributed by atoms with E-state index in [0.717, 1.165) is 23.7 Å². The van der Waals surface area contributed by atoms with Crippen LogP contribution in [0.25, 0.3) is 10.9 Å². The molecular weight excluding hydrogens is 410 g/mol. The van der Waals surface area contributed by atoms with Gasteiger partial charge in [-0.05, 0) is 48.6 Å². The molecule has 1 amide bonds. The number of carbonyl (C=O) groups is 1. The number of rotatable bonds is 8. The van der Waals surface area contributed by atoms with E-state index in [1.165, 1.54) is 5.56 Å². The largest absolute Gasteiger partial charge is 0.355 e. The van der Waals surface area contributed by atoms with Crippen LogP contribution in [0, 0.1) is 0 Å². The van der Waals surface area contributed by atoms with Crippen molar-refractivity contribution in [2.75, 3.05) is 19.6 Å². The van der Waals surface area contributed by atoms with Gasteiger partial charge < -0.3 is 9.88 Å². The number of nitrogens with one attached hydrogen (secondary N) is 1. The van der Waals surface area contributed by atoms with Crippen LogP contribution in [0.4, 0.5) is 0 Å². The molecule has 2 heterocycles. The van der Waals surface area contributed by atoms with Crippen molar-refractivity contribution in [2.45, 2.75) is 43.5 Å². The van der Waals surface area contributed by atoms with E-state index >= 15 is 0 Å². The van der Waals surface area contributed by atoms with E-state index < -0.39 is 10.0 Å². The van der Waals surface area contributed by atoms with Crippen LogP contribution in [0.5, 0.6) is 0 Å². The Kier molecular flexibility index (Phi) is 6.43. The predicted octanol–water partition coefficient (Wildman–Crippen LogP) is 3.74. The second-order valence-electron chi connectivity index (χ2n) is 8.21. The molecule has 164 valence electrons. The lowest BCUT2D eigenvalue weighted by molar-refractivity contribution is -0.121. The smallest absolute Gasteiger partial charge is 0.243 e. The molecule has 7 heteroatoms. The van der Waals surface area contributed by atoms with Crippen molar-refractivity contribution in [3.8, 4) is 0 Å².